The van der Waals surface area contributed by atoms with E-state index >= 15 is 0 Å². The molecule has 1 N–H and O–H groups in total. The Morgan fingerprint density at radius 2 is 1.95 bits per heavy atom. The summed E-state index contributed by atoms with van der Waals surface area (Å²) in [6.45, 7) is 0.691. The molecule has 1 saturated carbocycles. The number of halogens is 1. The molecule has 1 aliphatic heterocycles. The molecule has 0 bridgehead atoms. The van der Waals surface area contributed by atoms with Gasteiger partial charge >= 0.3 is 0 Å². The second-order valence-electron chi connectivity index (χ2n) is 6.31. The lowest BCUT2D eigenvalue weighted by molar-refractivity contribution is -0.134. The van der Waals surface area contributed by atoms with Crippen LogP contribution in [0.2, 0.25) is 0 Å². The zero-order valence-electron chi connectivity index (χ0n) is 11.9. The van der Waals surface area contributed by atoms with Gasteiger partial charge in [0.1, 0.15) is 5.82 Å². The summed E-state index contributed by atoms with van der Waals surface area (Å²) in [4.78, 5) is 0. The maximum Gasteiger partial charge on any atom is 0.129 e. The number of benzene rings is 1. The predicted molar refractivity (Wildman–Crippen MR) is 75.9 cm³/mol. The maximum absolute atomic E-state index is 13.8. The molecule has 0 amide bonds. The highest BCUT2D eigenvalue weighted by molar-refractivity contribution is 5.20. The molecule has 0 aromatic heterocycles. The third-order valence-electron chi connectivity index (χ3n) is 4.97. The summed E-state index contributed by atoms with van der Waals surface area (Å²) in [6.07, 6.45) is 6.86. The van der Waals surface area contributed by atoms with E-state index in [0.717, 1.165) is 25.7 Å². The van der Waals surface area contributed by atoms with Crippen molar-refractivity contribution in [2.45, 2.75) is 56.7 Å². The van der Waals surface area contributed by atoms with Crippen molar-refractivity contribution >= 4 is 0 Å². The van der Waals surface area contributed by atoms with Gasteiger partial charge in [-0.1, -0.05) is 37.5 Å². The summed E-state index contributed by atoms with van der Waals surface area (Å²) >= 11 is 0. The van der Waals surface area contributed by atoms with Crippen LogP contribution in [-0.2, 0) is 4.74 Å². The van der Waals surface area contributed by atoms with Gasteiger partial charge in [-0.25, -0.2) is 4.39 Å². The lowest BCUT2D eigenvalue weighted by Crippen LogP contribution is -2.42. The molecule has 2 unspecified atom stereocenters. The van der Waals surface area contributed by atoms with E-state index in [1.807, 2.05) is 0 Å². The van der Waals surface area contributed by atoms with Crippen LogP contribution < -0.4 is 0 Å². The van der Waals surface area contributed by atoms with Crippen LogP contribution in [0.4, 0.5) is 4.39 Å². The van der Waals surface area contributed by atoms with E-state index in [1.54, 1.807) is 18.2 Å². The smallest absolute Gasteiger partial charge is 0.129 e. The Morgan fingerprint density at radius 1 is 1.20 bits per heavy atom. The van der Waals surface area contributed by atoms with E-state index < -0.39 is 6.10 Å². The van der Waals surface area contributed by atoms with E-state index in [9.17, 15) is 9.50 Å². The largest absolute Gasteiger partial charge is 0.388 e. The quantitative estimate of drug-likeness (QED) is 0.886. The molecule has 1 saturated heterocycles. The van der Waals surface area contributed by atoms with Crippen LogP contribution in [0.25, 0.3) is 0 Å². The van der Waals surface area contributed by atoms with Gasteiger partial charge in [-0.3, -0.25) is 0 Å². The minimum atomic E-state index is -0.709. The average Bonchev–Trinajstić information content (AvgIpc) is 2.48. The topological polar surface area (TPSA) is 29.5 Å². The Bertz CT molecular complexity index is 449. The highest BCUT2D eigenvalue weighted by atomic mass is 19.1. The molecule has 3 heteroatoms. The summed E-state index contributed by atoms with van der Waals surface area (Å²) in [7, 11) is 0. The predicted octanol–water partition coefficient (Wildman–Crippen LogP) is 3.99. The third kappa shape index (κ3) is 2.75. The van der Waals surface area contributed by atoms with Gasteiger partial charge in [0.25, 0.3) is 0 Å². The van der Waals surface area contributed by atoms with Crippen LogP contribution in [0, 0.1) is 11.7 Å². The van der Waals surface area contributed by atoms with Crippen LogP contribution in [0.1, 0.15) is 56.6 Å². The number of hydrogen-bond acceptors (Lipinski definition) is 2. The molecule has 1 spiro atoms. The van der Waals surface area contributed by atoms with Crippen molar-refractivity contribution in [1.29, 1.82) is 0 Å². The first-order valence-electron chi connectivity index (χ1n) is 7.77. The Morgan fingerprint density at radius 3 is 2.70 bits per heavy atom. The first-order chi connectivity index (χ1) is 9.70. The molecule has 2 nitrogen and oxygen atoms in total. The Balaban J connectivity index is 1.75. The number of rotatable bonds is 2. The normalized spacial score (nSPS) is 27.4. The van der Waals surface area contributed by atoms with E-state index in [-0.39, 0.29) is 17.3 Å². The van der Waals surface area contributed by atoms with Crippen molar-refractivity contribution in [1.82, 2.24) is 0 Å². The molecule has 1 aliphatic carbocycles. The minimum Gasteiger partial charge on any atom is -0.388 e. The van der Waals surface area contributed by atoms with Crippen molar-refractivity contribution in [3.8, 4) is 0 Å². The zero-order valence-corrected chi connectivity index (χ0v) is 11.9. The second-order valence-corrected chi connectivity index (χ2v) is 6.31. The minimum absolute atomic E-state index is 0.0482. The Kier molecular flexibility index (Phi) is 4.08. The number of aliphatic hydroxyl groups is 1. The maximum atomic E-state index is 13.8. The monoisotopic (exact) mass is 278 g/mol. The molecule has 1 aromatic rings. The highest BCUT2D eigenvalue weighted by Crippen LogP contribution is 2.44. The average molecular weight is 278 g/mol. The van der Waals surface area contributed by atoms with Gasteiger partial charge in [0.2, 0.25) is 0 Å². The highest BCUT2D eigenvalue weighted by Gasteiger charge is 2.41. The zero-order chi connectivity index (χ0) is 14.0. The summed E-state index contributed by atoms with van der Waals surface area (Å²) < 4.78 is 19.9. The second kappa shape index (κ2) is 5.82. The standard InChI is InChI=1S/C17H23FO2/c18-15-7-3-2-6-14(15)16(19)13-8-11-20-17(12-13)9-4-1-5-10-17/h2-3,6-7,13,16,19H,1,4-5,8-12H2. The number of ether oxygens (including phenoxy) is 1. The first kappa shape index (κ1) is 14.0. The first-order valence-corrected chi connectivity index (χ1v) is 7.77. The van der Waals surface area contributed by atoms with Crippen molar-refractivity contribution in [3.63, 3.8) is 0 Å². The van der Waals surface area contributed by atoms with Crippen LogP contribution in [0.3, 0.4) is 0 Å². The summed E-state index contributed by atoms with van der Waals surface area (Å²) in [6, 6.07) is 6.58. The molecule has 0 radical (unpaired) electrons. The fraction of sp³-hybridized carbons (Fsp3) is 0.647. The SMILES string of the molecule is OC(c1ccccc1F)C1CCOC2(CCCCC2)C1. The van der Waals surface area contributed by atoms with Gasteiger partial charge in [0, 0.05) is 12.2 Å². The Hall–Kier alpha value is -0.930. The van der Waals surface area contributed by atoms with Crippen molar-refractivity contribution in [2.24, 2.45) is 5.92 Å². The molecule has 110 valence electrons. The van der Waals surface area contributed by atoms with Crippen molar-refractivity contribution in [3.05, 3.63) is 35.6 Å². The molecule has 2 aliphatic rings. The van der Waals surface area contributed by atoms with Gasteiger partial charge in [0.15, 0.2) is 0 Å². The molecule has 1 heterocycles. The van der Waals surface area contributed by atoms with Crippen LogP contribution >= 0.6 is 0 Å². The third-order valence-corrected chi connectivity index (χ3v) is 4.97. The molecule has 2 fully saturated rings. The van der Waals surface area contributed by atoms with E-state index in [0.29, 0.717) is 12.2 Å². The van der Waals surface area contributed by atoms with Crippen LogP contribution in [0.5, 0.6) is 0 Å². The van der Waals surface area contributed by atoms with Gasteiger partial charge in [0.05, 0.1) is 11.7 Å². The Labute approximate surface area is 120 Å². The molecule has 2 atom stereocenters. The van der Waals surface area contributed by atoms with Gasteiger partial charge in [-0.05, 0) is 37.7 Å². The van der Waals surface area contributed by atoms with Gasteiger partial charge in [-0.15, -0.1) is 0 Å². The molecule has 1 aromatic carbocycles. The van der Waals surface area contributed by atoms with E-state index in [2.05, 4.69) is 0 Å². The van der Waals surface area contributed by atoms with Crippen LogP contribution in [0.15, 0.2) is 24.3 Å². The van der Waals surface area contributed by atoms with Gasteiger partial charge in [-0.2, -0.15) is 0 Å². The lowest BCUT2D eigenvalue weighted by atomic mass is 9.74. The van der Waals surface area contributed by atoms with Crippen LogP contribution in [-0.4, -0.2) is 17.3 Å². The van der Waals surface area contributed by atoms with Gasteiger partial charge < -0.3 is 9.84 Å². The van der Waals surface area contributed by atoms with Crippen molar-refractivity contribution < 1.29 is 14.2 Å². The molecular weight excluding hydrogens is 255 g/mol. The lowest BCUT2D eigenvalue weighted by Gasteiger charge is -2.44. The number of aliphatic hydroxyl groups excluding tert-OH is 1. The summed E-state index contributed by atoms with van der Waals surface area (Å²) in [5, 5.41) is 10.5. The molecular formula is C17H23FO2. The van der Waals surface area contributed by atoms with Crippen molar-refractivity contribution in [2.75, 3.05) is 6.61 Å². The van der Waals surface area contributed by atoms with E-state index in [1.165, 1.54) is 25.3 Å². The molecule has 3 rings (SSSR count). The fourth-order valence-corrected chi connectivity index (χ4v) is 3.85. The molecule has 20 heavy (non-hydrogen) atoms. The summed E-state index contributed by atoms with van der Waals surface area (Å²) in [5.74, 6) is -0.192. The summed E-state index contributed by atoms with van der Waals surface area (Å²) in [5.41, 5.74) is 0.387. The fourth-order valence-electron chi connectivity index (χ4n) is 3.85. The number of hydrogen-bond donors (Lipinski definition) is 1. The van der Waals surface area contributed by atoms with E-state index in [4.69, 9.17) is 4.74 Å².